The van der Waals surface area contributed by atoms with Crippen molar-refractivity contribution < 1.29 is 9.47 Å². The zero-order chi connectivity index (χ0) is 8.39. The molecule has 3 atom stereocenters. The molecule has 0 saturated carbocycles. The van der Waals surface area contributed by atoms with Crippen molar-refractivity contribution in [1.29, 1.82) is 0 Å². The van der Waals surface area contributed by atoms with E-state index in [1.165, 1.54) is 0 Å². The van der Waals surface area contributed by atoms with Gasteiger partial charge in [-0.2, -0.15) is 0 Å². The van der Waals surface area contributed by atoms with E-state index < -0.39 is 0 Å². The van der Waals surface area contributed by atoms with E-state index in [9.17, 15) is 0 Å². The molecule has 0 aliphatic carbocycles. The highest BCUT2D eigenvalue weighted by Crippen LogP contribution is 2.25. The van der Waals surface area contributed by atoms with Crippen molar-refractivity contribution in [2.75, 3.05) is 19.8 Å². The third-order valence-electron chi connectivity index (χ3n) is 2.85. The van der Waals surface area contributed by atoms with Crippen LogP contribution in [-0.4, -0.2) is 32.0 Å². The second-order valence-electron chi connectivity index (χ2n) is 3.82. The van der Waals surface area contributed by atoms with E-state index in [1.807, 2.05) is 0 Å². The van der Waals surface area contributed by atoms with Gasteiger partial charge in [0.05, 0.1) is 12.7 Å². The zero-order valence-corrected chi connectivity index (χ0v) is 7.37. The number of nitrogens with two attached hydrogens (primary N) is 1. The maximum absolute atomic E-state index is 5.87. The minimum atomic E-state index is 0.351. The second-order valence-corrected chi connectivity index (χ2v) is 3.82. The van der Waals surface area contributed by atoms with Crippen molar-refractivity contribution in [3.05, 3.63) is 0 Å². The van der Waals surface area contributed by atoms with E-state index in [2.05, 4.69) is 0 Å². The predicted octanol–water partition coefficient (Wildman–Crippen LogP) is 0.529. The maximum atomic E-state index is 5.87. The van der Waals surface area contributed by atoms with E-state index in [4.69, 9.17) is 15.2 Å². The lowest BCUT2D eigenvalue weighted by molar-refractivity contribution is -0.0293. The molecule has 12 heavy (non-hydrogen) atoms. The molecule has 0 aromatic heterocycles. The summed E-state index contributed by atoms with van der Waals surface area (Å²) in [4.78, 5) is 0. The van der Waals surface area contributed by atoms with Crippen LogP contribution in [0.1, 0.15) is 19.3 Å². The fourth-order valence-corrected chi connectivity index (χ4v) is 2.03. The monoisotopic (exact) mass is 171 g/mol. The van der Waals surface area contributed by atoms with Gasteiger partial charge in [0.2, 0.25) is 0 Å². The van der Waals surface area contributed by atoms with Gasteiger partial charge >= 0.3 is 0 Å². The summed E-state index contributed by atoms with van der Waals surface area (Å²) in [7, 11) is 0. The minimum Gasteiger partial charge on any atom is -0.381 e. The molecule has 2 aliphatic rings. The summed E-state index contributed by atoms with van der Waals surface area (Å²) in [6, 6.07) is 0.351. The van der Waals surface area contributed by atoms with Crippen LogP contribution in [0.5, 0.6) is 0 Å². The van der Waals surface area contributed by atoms with E-state index in [1.54, 1.807) is 0 Å². The molecule has 3 heteroatoms. The quantitative estimate of drug-likeness (QED) is 0.626. The molecule has 2 rings (SSSR count). The van der Waals surface area contributed by atoms with Crippen molar-refractivity contribution in [2.45, 2.75) is 31.4 Å². The minimum absolute atomic E-state index is 0.351. The summed E-state index contributed by atoms with van der Waals surface area (Å²) in [5.74, 6) is 0.608. The van der Waals surface area contributed by atoms with E-state index in [-0.39, 0.29) is 0 Å². The van der Waals surface area contributed by atoms with E-state index in [0.29, 0.717) is 18.1 Å². The predicted molar refractivity (Wildman–Crippen MR) is 45.9 cm³/mol. The first-order chi connectivity index (χ1) is 5.86. The Hall–Kier alpha value is -0.120. The standard InChI is InChI=1S/C9H17NO2/c10-8-2-4-12-9(5-8)7-1-3-11-6-7/h7-9H,1-6,10H2. The summed E-state index contributed by atoms with van der Waals surface area (Å²) in [5.41, 5.74) is 5.87. The molecule has 2 aliphatic heterocycles. The molecule has 0 radical (unpaired) electrons. The lowest BCUT2D eigenvalue weighted by Gasteiger charge is -2.30. The first kappa shape index (κ1) is 8.48. The van der Waals surface area contributed by atoms with Crippen LogP contribution in [0.15, 0.2) is 0 Å². The Labute approximate surface area is 73.2 Å². The fraction of sp³-hybridized carbons (Fsp3) is 1.00. The smallest absolute Gasteiger partial charge is 0.0640 e. The number of ether oxygens (including phenoxy) is 2. The Kier molecular flexibility index (Phi) is 2.63. The summed E-state index contributed by atoms with van der Waals surface area (Å²) >= 11 is 0. The molecule has 0 bridgehead atoms. The highest BCUT2D eigenvalue weighted by Gasteiger charge is 2.30. The van der Waals surface area contributed by atoms with Gasteiger partial charge in [-0.1, -0.05) is 0 Å². The zero-order valence-electron chi connectivity index (χ0n) is 7.37. The second kappa shape index (κ2) is 3.73. The lowest BCUT2D eigenvalue weighted by Crippen LogP contribution is -2.38. The third-order valence-corrected chi connectivity index (χ3v) is 2.85. The normalized spacial score (nSPS) is 43.2. The third kappa shape index (κ3) is 1.79. The summed E-state index contributed by atoms with van der Waals surface area (Å²) < 4.78 is 11.0. The van der Waals surface area contributed by atoms with E-state index >= 15 is 0 Å². The molecule has 70 valence electrons. The molecule has 3 nitrogen and oxygen atoms in total. The van der Waals surface area contributed by atoms with Gasteiger partial charge in [0, 0.05) is 25.2 Å². The van der Waals surface area contributed by atoms with Crippen LogP contribution in [0.2, 0.25) is 0 Å². The fourth-order valence-electron chi connectivity index (χ4n) is 2.03. The average Bonchev–Trinajstić information content (AvgIpc) is 2.56. The molecule has 2 fully saturated rings. The van der Waals surface area contributed by atoms with Crippen LogP contribution >= 0.6 is 0 Å². The largest absolute Gasteiger partial charge is 0.381 e. The molecule has 0 amide bonds. The van der Waals surface area contributed by atoms with Crippen LogP contribution in [0, 0.1) is 5.92 Å². The Bertz CT molecular complexity index is 145. The average molecular weight is 171 g/mol. The van der Waals surface area contributed by atoms with Gasteiger partial charge < -0.3 is 15.2 Å². The van der Waals surface area contributed by atoms with E-state index in [0.717, 1.165) is 39.1 Å². The van der Waals surface area contributed by atoms with Gasteiger partial charge in [-0.05, 0) is 19.3 Å². The Balaban J connectivity index is 1.85. The maximum Gasteiger partial charge on any atom is 0.0640 e. The van der Waals surface area contributed by atoms with Crippen molar-refractivity contribution in [3.8, 4) is 0 Å². The van der Waals surface area contributed by atoms with Crippen LogP contribution in [-0.2, 0) is 9.47 Å². The molecule has 0 aromatic carbocycles. The summed E-state index contributed by atoms with van der Waals surface area (Å²) in [5, 5.41) is 0. The summed E-state index contributed by atoms with van der Waals surface area (Å²) in [6.45, 7) is 2.61. The SMILES string of the molecule is NC1CCOC(C2CCOC2)C1. The molecule has 2 N–H and O–H groups in total. The molecule has 3 unspecified atom stereocenters. The first-order valence-corrected chi connectivity index (χ1v) is 4.81. The van der Waals surface area contributed by atoms with Gasteiger partial charge in [0.15, 0.2) is 0 Å². The highest BCUT2D eigenvalue weighted by atomic mass is 16.5. The number of hydrogen-bond acceptors (Lipinski definition) is 3. The molecular weight excluding hydrogens is 154 g/mol. The van der Waals surface area contributed by atoms with Crippen LogP contribution in [0.3, 0.4) is 0 Å². The number of hydrogen-bond donors (Lipinski definition) is 1. The Morgan fingerprint density at radius 1 is 1.17 bits per heavy atom. The van der Waals surface area contributed by atoms with Crippen molar-refractivity contribution in [2.24, 2.45) is 11.7 Å². The van der Waals surface area contributed by atoms with Crippen LogP contribution in [0.4, 0.5) is 0 Å². The van der Waals surface area contributed by atoms with Crippen molar-refractivity contribution >= 4 is 0 Å². The lowest BCUT2D eigenvalue weighted by atomic mass is 9.93. The number of rotatable bonds is 1. The first-order valence-electron chi connectivity index (χ1n) is 4.81. The Morgan fingerprint density at radius 3 is 2.75 bits per heavy atom. The van der Waals surface area contributed by atoms with Crippen LogP contribution in [0.25, 0.3) is 0 Å². The topological polar surface area (TPSA) is 44.5 Å². The summed E-state index contributed by atoms with van der Waals surface area (Å²) in [6.07, 6.45) is 3.56. The molecule has 0 spiro atoms. The highest BCUT2D eigenvalue weighted by molar-refractivity contribution is 4.81. The van der Waals surface area contributed by atoms with Crippen LogP contribution < -0.4 is 5.73 Å². The molecule has 2 saturated heterocycles. The van der Waals surface area contributed by atoms with Gasteiger partial charge in [0.25, 0.3) is 0 Å². The van der Waals surface area contributed by atoms with Crippen molar-refractivity contribution in [3.63, 3.8) is 0 Å². The van der Waals surface area contributed by atoms with Gasteiger partial charge in [-0.15, -0.1) is 0 Å². The van der Waals surface area contributed by atoms with Crippen molar-refractivity contribution in [1.82, 2.24) is 0 Å². The Morgan fingerprint density at radius 2 is 2.08 bits per heavy atom. The molecule has 0 aromatic rings. The van der Waals surface area contributed by atoms with Gasteiger partial charge in [-0.25, -0.2) is 0 Å². The van der Waals surface area contributed by atoms with Gasteiger partial charge in [-0.3, -0.25) is 0 Å². The molecular formula is C9H17NO2. The molecule has 2 heterocycles. The van der Waals surface area contributed by atoms with Gasteiger partial charge in [0.1, 0.15) is 0 Å².